The summed E-state index contributed by atoms with van der Waals surface area (Å²) in [5.74, 6) is 2.13. The minimum Gasteiger partial charge on any atom is -0.396 e. The van der Waals surface area contributed by atoms with Crippen molar-refractivity contribution in [2.75, 3.05) is 26.4 Å². The molecule has 0 spiro atoms. The third kappa shape index (κ3) is 3.93. The molecule has 0 saturated heterocycles. The Morgan fingerprint density at radius 3 is 2.33 bits per heavy atom. The van der Waals surface area contributed by atoms with Gasteiger partial charge >= 0.3 is 0 Å². The van der Waals surface area contributed by atoms with Crippen LogP contribution in [0, 0.1) is 17.8 Å². The van der Waals surface area contributed by atoms with Crippen molar-refractivity contribution in [2.45, 2.75) is 19.8 Å². The molecule has 1 saturated carbocycles. The number of hydrogen-bond acceptors (Lipinski definition) is 3. The van der Waals surface area contributed by atoms with E-state index < -0.39 is 0 Å². The van der Waals surface area contributed by atoms with Crippen molar-refractivity contribution in [2.24, 2.45) is 17.8 Å². The van der Waals surface area contributed by atoms with E-state index in [9.17, 15) is 0 Å². The van der Waals surface area contributed by atoms with Crippen LogP contribution in [0.5, 0.6) is 0 Å². The predicted octanol–water partition coefficient (Wildman–Crippen LogP) is 1.21. The van der Waals surface area contributed by atoms with Crippen molar-refractivity contribution < 1.29 is 14.9 Å². The van der Waals surface area contributed by atoms with Gasteiger partial charge in [0.1, 0.15) is 0 Å². The molecule has 0 aliphatic heterocycles. The predicted molar refractivity (Wildman–Crippen MR) is 59.5 cm³/mol. The van der Waals surface area contributed by atoms with Crippen LogP contribution in [-0.4, -0.2) is 36.6 Å². The maximum atomic E-state index is 8.85. The first-order valence-electron chi connectivity index (χ1n) is 5.79. The van der Waals surface area contributed by atoms with Gasteiger partial charge in [-0.05, 0) is 37.5 Å². The second-order valence-corrected chi connectivity index (χ2v) is 4.14. The number of allylic oxidation sites excluding steroid dienone is 2. The molecule has 3 unspecified atom stereocenters. The van der Waals surface area contributed by atoms with Crippen LogP contribution in [0.4, 0.5) is 0 Å². The summed E-state index contributed by atoms with van der Waals surface area (Å²) in [6.07, 6.45) is 7.12. The van der Waals surface area contributed by atoms with E-state index in [0.717, 1.165) is 11.8 Å². The van der Waals surface area contributed by atoms with Crippen molar-refractivity contribution in [3.63, 3.8) is 0 Å². The normalized spacial score (nSPS) is 31.5. The lowest BCUT2D eigenvalue weighted by Crippen LogP contribution is -2.10. The van der Waals surface area contributed by atoms with Gasteiger partial charge in [0.15, 0.2) is 0 Å². The second-order valence-electron chi connectivity index (χ2n) is 4.14. The zero-order valence-corrected chi connectivity index (χ0v) is 9.43. The van der Waals surface area contributed by atoms with Gasteiger partial charge in [0.25, 0.3) is 0 Å². The third-order valence-corrected chi connectivity index (χ3v) is 3.09. The Kier molecular flexibility index (Phi) is 5.91. The highest BCUT2D eigenvalue weighted by molar-refractivity contribution is 5.09. The lowest BCUT2D eigenvalue weighted by atomic mass is 9.95. The van der Waals surface area contributed by atoms with Crippen LogP contribution in [0.2, 0.25) is 0 Å². The lowest BCUT2D eigenvalue weighted by molar-refractivity contribution is 0.102. The van der Waals surface area contributed by atoms with Gasteiger partial charge in [-0.25, -0.2) is 0 Å². The number of ether oxygens (including phenoxy) is 1. The van der Waals surface area contributed by atoms with Crippen LogP contribution in [0.25, 0.3) is 0 Å². The summed E-state index contributed by atoms with van der Waals surface area (Å²) in [5.41, 5.74) is 0. The van der Waals surface area contributed by atoms with Crippen molar-refractivity contribution >= 4 is 0 Å². The molecular weight excluding hydrogens is 192 g/mol. The molecule has 2 aliphatic rings. The summed E-state index contributed by atoms with van der Waals surface area (Å²) < 4.78 is 4.73. The fraction of sp³-hybridized carbons (Fsp3) is 0.833. The minimum atomic E-state index is 0.133. The van der Waals surface area contributed by atoms with Gasteiger partial charge in [0, 0.05) is 13.2 Å². The zero-order chi connectivity index (χ0) is 11.1. The average Bonchev–Trinajstić information content (AvgIpc) is 2.88. The number of aliphatic hydroxyl groups excluding tert-OH is 2. The van der Waals surface area contributed by atoms with Gasteiger partial charge in [0.05, 0.1) is 13.2 Å². The molecule has 3 nitrogen and oxygen atoms in total. The Hall–Kier alpha value is -0.380. The van der Waals surface area contributed by atoms with Crippen LogP contribution in [0.15, 0.2) is 12.2 Å². The lowest BCUT2D eigenvalue weighted by Gasteiger charge is -2.13. The highest BCUT2D eigenvalue weighted by atomic mass is 16.5. The van der Waals surface area contributed by atoms with Gasteiger partial charge in [-0.15, -0.1) is 0 Å². The number of aliphatic hydroxyl groups is 2. The van der Waals surface area contributed by atoms with Crippen molar-refractivity contribution in [3.8, 4) is 0 Å². The van der Waals surface area contributed by atoms with E-state index in [4.69, 9.17) is 14.9 Å². The number of rotatable bonds is 4. The fourth-order valence-corrected chi connectivity index (χ4v) is 2.31. The summed E-state index contributed by atoms with van der Waals surface area (Å²) in [6.45, 7) is 3.59. The van der Waals surface area contributed by atoms with Crippen molar-refractivity contribution in [3.05, 3.63) is 12.2 Å². The van der Waals surface area contributed by atoms with E-state index in [1.54, 1.807) is 0 Å². The molecule has 2 aliphatic carbocycles. The SMILES string of the molecule is CCOCCO.OCC1CC2C=CC1C2. The highest BCUT2D eigenvalue weighted by Gasteiger charge is 2.34. The summed E-state index contributed by atoms with van der Waals surface area (Å²) in [6, 6.07) is 0. The Labute approximate surface area is 91.8 Å². The van der Waals surface area contributed by atoms with Gasteiger partial charge in [-0.3, -0.25) is 0 Å². The van der Waals surface area contributed by atoms with Crippen LogP contribution < -0.4 is 0 Å². The second kappa shape index (κ2) is 6.99. The van der Waals surface area contributed by atoms with Gasteiger partial charge in [0.2, 0.25) is 0 Å². The maximum absolute atomic E-state index is 8.85. The monoisotopic (exact) mass is 214 g/mol. The molecule has 2 rings (SSSR count). The van der Waals surface area contributed by atoms with E-state index >= 15 is 0 Å². The van der Waals surface area contributed by atoms with E-state index in [-0.39, 0.29) is 6.61 Å². The van der Waals surface area contributed by atoms with E-state index in [1.807, 2.05) is 6.92 Å². The molecule has 3 atom stereocenters. The van der Waals surface area contributed by atoms with E-state index in [2.05, 4.69) is 12.2 Å². The van der Waals surface area contributed by atoms with Gasteiger partial charge in [-0.2, -0.15) is 0 Å². The average molecular weight is 214 g/mol. The quantitative estimate of drug-likeness (QED) is 0.546. The molecule has 3 heteroatoms. The fourth-order valence-electron chi connectivity index (χ4n) is 2.31. The Morgan fingerprint density at radius 2 is 2.07 bits per heavy atom. The van der Waals surface area contributed by atoms with Crippen LogP contribution >= 0.6 is 0 Å². The Morgan fingerprint density at radius 1 is 1.27 bits per heavy atom. The molecule has 0 aromatic heterocycles. The summed E-state index contributed by atoms with van der Waals surface area (Å²) in [4.78, 5) is 0. The minimum absolute atomic E-state index is 0.133. The van der Waals surface area contributed by atoms with E-state index in [1.165, 1.54) is 12.8 Å². The van der Waals surface area contributed by atoms with Crippen LogP contribution in [-0.2, 0) is 4.74 Å². The summed E-state index contributed by atoms with van der Waals surface area (Å²) >= 11 is 0. The maximum Gasteiger partial charge on any atom is 0.0697 e. The molecular formula is C12H22O3. The molecule has 2 bridgehead atoms. The zero-order valence-electron chi connectivity index (χ0n) is 9.43. The van der Waals surface area contributed by atoms with Gasteiger partial charge in [-0.1, -0.05) is 12.2 Å². The first kappa shape index (κ1) is 12.7. The molecule has 0 aromatic carbocycles. The smallest absolute Gasteiger partial charge is 0.0697 e. The molecule has 0 aromatic rings. The number of fused-ring (bicyclic) bond motifs is 2. The third-order valence-electron chi connectivity index (χ3n) is 3.09. The van der Waals surface area contributed by atoms with E-state index in [0.29, 0.717) is 25.7 Å². The molecule has 88 valence electrons. The summed E-state index contributed by atoms with van der Waals surface area (Å²) in [5, 5.41) is 16.9. The van der Waals surface area contributed by atoms with Crippen LogP contribution in [0.1, 0.15) is 19.8 Å². The largest absolute Gasteiger partial charge is 0.396 e. The highest BCUT2D eigenvalue weighted by Crippen LogP contribution is 2.42. The van der Waals surface area contributed by atoms with Gasteiger partial charge < -0.3 is 14.9 Å². The molecule has 0 heterocycles. The number of hydrogen-bond donors (Lipinski definition) is 2. The summed E-state index contributed by atoms with van der Waals surface area (Å²) in [7, 11) is 0. The Balaban J connectivity index is 0.000000167. The first-order chi connectivity index (χ1) is 7.31. The van der Waals surface area contributed by atoms with Crippen LogP contribution in [0.3, 0.4) is 0 Å². The van der Waals surface area contributed by atoms with Crippen molar-refractivity contribution in [1.82, 2.24) is 0 Å². The molecule has 2 N–H and O–H groups in total. The Bertz CT molecular complexity index is 187. The molecule has 0 amide bonds. The topological polar surface area (TPSA) is 49.7 Å². The molecule has 1 fully saturated rings. The molecule has 0 radical (unpaired) electrons. The van der Waals surface area contributed by atoms with Crippen molar-refractivity contribution in [1.29, 1.82) is 0 Å². The molecule has 15 heavy (non-hydrogen) atoms. The first-order valence-corrected chi connectivity index (χ1v) is 5.79. The standard InChI is InChI=1S/C8H12O.C4H10O2/c9-5-8-4-6-1-2-7(8)3-6;1-2-6-4-3-5/h1-2,6-9H,3-5H2;5H,2-4H2,1H3.